The number of pyridine rings is 2. The molecule has 0 spiro atoms. The molecule has 2 aliphatic heterocycles. The molecule has 0 saturated carbocycles. The third kappa shape index (κ3) is 5.20. The summed E-state index contributed by atoms with van der Waals surface area (Å²) in [6, 6.07) is 6.53. The largest absolute Gasteiger partial charge is 0.487 e. The first-order chi connectivity index (χ1) is 21.1. The number of fused-ring (bicyclic) bond motifs is 6. The number of ether oxygens (including phenoxy) is 3. The normalized spacial score (nSPS) is 16.3. The van der Waals surface area contributed by atoms with E-state index >= 15 is 8.78 Å². The van der Waals surface area contributed by atoms with E-state index < -0.39 is 23.3 Å². The van der Waals surface area contributed by atoms with Crippen molar-refractivity contribution < 1.29 is 27.8 Å². The number of carbonyl (C=O) groups excluding carboxylic acids is 1. The minimum atomic E-state index is -0.794. The molecule has 0 unspecified atom stereocenters. The lowest BCUT2D eigenvalue weighted by Gasteiger charge is -2.39. The summed E-state index contributed by atoms with van der Waals surface area (Å²) in [5, 5.41) is 6.85. The standard InChI is InChI=1S/C29H27F2N9O4/c1-29(2,3)44-28(41)39-7-6-38-12-16(39)13-42-23-11-21-25(37-27(23)38)26(34-14-32-21)36-20-9-19(31)22(10-18(20)30)43-17-4-5-40-24(8-17)33-15-35-40/h4-5,8-11,14-16H,6-7,12-13H2,1-3H3,(H,32,34,36)/t16-/m0/s1. The van der Waals surface area contributed by atoms with Gasteiger partial charge in [0.15, 0.2) is 40.4 Å². The molecule has 1 saturated heterocycles. The molecule has 1 N–H and O–H groups in total. The highest BCUT2D eigenvalue weighted by Gasteiger charge is 2.37. The minimum Gasteiger partial charge on any atom is -0.487 e. The Morgan fingerprint density at radius 1 is 1.07 bits per heavy atom. The van der Waals surface area contributed by atoms with Crippen molar-refractivity contribution in [3.05, 3.63) is 60.8 Å². The highest BCUT2D eigenvalue weighted by Crippen LogP contribution is 2.37. The number of benzene rings is 1. The molecule has 13 nitrogen and oxygen atoms in total. The van der Waals surface area contributed by atoms with Gasteiger partial charge in [-0.15, -0.1) is 0 Å². The number of aromatic nitrogens is 6. The summed E-state index contributed by atoms with van der Waals surface area (Å²) in [6.07, 6.45) is 3.88. The first-order valence-corrected chi connectivity index (χ1v) is 13.9. The van der Waals surface area contributed by atoms with Gasteiger partial charge in [0.1, 0.15) is 36.1 Å². The van der Waals surface area contributed by atoms with Crippen LogP contribution in [0.25, 0.3) is 16.7 Å². The van der Waals surface area contributed by atoms with E-state index in [-0.39, 0.29) is 35.7 Å². The van der Waals surface area contributed by atoms with Gasteiger partial charge in [-0.25, -0.2) is 38.0 Å². The van der Waals surface area contributed by atoms with Crippen LogP contribution in [0, 0.1) is 11.6 Å². The molecule has 1 fully saturated rings. The molecule has 1 aromatic carbocycles. The molecule has 2 bridgehead atoms. The number of piperazine rings is 1. The number of anilines is 3. The molecule has 44 heavy (non-hydrogen) atoms. The summed E-state index contributed by atoms with van der Waals surface area (Å²) in [7, 11) is 0. The highest BCUT2D eigenvalue weighted by molar-refractivity contribution is 5.90. The zero-order valence-electron chi connectivity index (χ0n) is 24.0. The van der Waals surface area contributed by atoms with E-state index in [1.807, 2.05) is 25.7 Å². The van der Waals surface area contributed by atoms with E-state index in [1.165, 1.54) is 17.2 Å². The van der Waals surface area contributed by atoms with Crippen LogP contribution in [-0.2, 0) is 4.74 Å². The topological polar surface area (TPSA) is 132 Å². The van der Waals surface area contributed by atoms with Crippen LogP contribution in [0.3, 0.4) is 0 Å². The van der Waals surface area contributed by atoms with Crippen molar-refractivity contribution >= 4 is 40.1 Å². The number of carbonyl (C=O) groups is 1. The first kappa shape index (κ1) is 27.5. The first-order valence-electron chi connectivity index (χ1n) is 13.9. The SMILES string of the molecule is CC(C)(C)OC(=O)N1CCN2C[C@H]1COc1cc3ncnc(Nc4cc(F)c(Oc5ccn6ncnc6c5)cc4F)c3nc12. The Hall–Kier alpha value is -5.34. The summed E-state index contributed by atoms with van der Waals surface area (Å²) < 4.78 is 49.1. The van der Waals surface area contributed by atoms with Gasteiger partial charge in [-0.1, -0.05) is 0 Å². The number of amides is 1. The Morgan fingerprint density at radius 2 is 1.93 bits per heavy atom. The van der Waals surface area contributed by atoms with Crippen LogP contribution in [-0.4, -0.2) is 78.4 Å². The van der Waals surface area contributed by atoms with Crippen molar-refractivity contribution in [2.24, 2.45) is 0 Å². The molecule has 4 aromatic heterocycles. The number of halogens is 2. The summed E-state index contributed by atoms with van der Waals surface area (Å²) in [5.41, 5.74) is 0.487. The van der Waals surface area contributed by atoms with Gasteiger partial charge in [-0.3, -0.25) is 4.90 Å². The van der Waals surface area contributed by atoms with Gasteiger partial charge in [-0.05, 0) is 26.8 Å². The van der Waals surface area contributed by atoms with E-state index in [0.29, 0.717) is 47.9 Å². The van der Waals surface area contributed by atoms with E-state index in [0.717, 1.165) is 12.1 Å². The molecule has 0 aliphatic carbocycles. The molecule has 0 radical (unpaired) electrons. The lowest BCUT2D eigenvalue weighted by molar-refractivity contribution is 0.00974. The second-order valence-corrected chi connectivity index (χ2v) is 11.4. The lowest BCUT2D eigenvalue weighted by atomic mass is 10.2. The van der Waals surface area contributed by atoms with Crippen molar-refractivity contribution in [3.63, 3.8) is 0 Å². The second-order valence-electron chi connectivity index (χ2n) is 11.4. The monoisotopic (exact) mass is 603 g/mol. The predicted octanol–water partition coefficient (Wildman–Crippen LogP) is 4.70. The molecule has 7 rings (SSSR count). The zero-order valence-corrected chi connectivity index (χ0v) is 24.0. The highest BCUT2D eigenvalue weighted by atomic mass is 19.1. The molecule has 226 valence electrons. The van der Waals surface area contributed by atoms with Crippen molar-refractivity contribution in [3.8, 4) is 17.2 Å². The molecule has 5 aromatic rings. The molecule has 1 atom stereocenters. The number of rotatable bonds is 4. The summed E-state index contributed by atoms with van der Waals surface area (Å²) in [6.45, 7) is 7.12. The molecule has 6 heterocycles. The maximum atomic E-state index is 15.3. The fourth-order valence-corrected chi connectivity index (χ4v) is 5.14. The van der Waals surface area contributed by atoms with Crippen LogP contribution in [0.4, 0.5) is 30.9 Å². The predicted molar refractivity (Wildman–Crippen MR) is 154 cm³/mol. The Morgan fingerprint density at radius 3 is 2.77 bits per heavy atom. The molecular formula is C29H27F2N9O4. The van der Waals surface area contributed by atoms with E-state index in [9.17, 15) is 4.79 Å². The van der Waals surface area contributed by atoms with Crippen LogP contribution in [0.1, 0.15) is 20.8 Å². The van der Waals surface area contributed by atoms with Crippen molar-refractivity contribution in [2.75, 3.05) is 36.5 Å². The summed E-state index contributed by atoms with van der Waals surface area (Å²) in [5.74, 6) is -0.373. The van der Waals surface area contributed by atoms with Crippen LogP contribution < -0.4 is 19.7 Å². The number of hydrogen-bond acceptors (Lipinski definition) is 11. The average molecular weight is 604 g/mol. The summed E-state index contributed by atoms with van der Waals surface area (Å²) in [4.78, 5) is 34.0. The lowest BCUT2D eigenvalue weighted by Crippen LogP contribution is -2.57. The van der Waals surface area contributed by atoms with Gasteiger partial charge in [0.2, 0.25) is 0 Å². The van der Waals surface area contributed by atoms with Crippen LogP contribution in [0.15, 0.2) is 49.2 Å². The molecular weight excluding hydrogens is 576 g/mol. The van der Waals surface area contributed by atoms with Gasteiger partial charge in [0.05, 0.1) is 17.2 Å². The van der Waals surface area contributed by atoms with Gasteiger partial charge in [-0.2, -0.15) is 5.10 Å². The maximum Gasteiger partial charge on any atom is 0.410 e. The van der Waals surface area contributed by atoms with Crippen molar-refractivity contribution in [2.45, 2.75) is 32.4 Å². The molecule has 1 amide bonds. The van der Waals surface area contributed by atoms with Gasteiger partial charge in [0, 0.05) is 50.1 Å². The number of hydrogen-bond donors (Lipinski definition) is 1. The van der Waals surface area contributed by atoms with Gasteiger partial charge < -0.3 is 24.4 Å². The van der Waals surface area contributed by atoms with Gasteiger partial charge in [0.25, 0.3) is 0 Å². The van der Waals surface area contributed by atoms with Gasteiger partial charge >= 0.3 is 6.09 Å². The quantitative estimate of drug-likeness (QED) is 0.307. The van der Waals surface area contributed by atoms with E-state index in [1.54, 1.807) is 29.3 Å². The zero-order chi connectivity index (χ0) is 30.6. The fraction of sp³-hybridized carbons (Fsp3) is 0.310. The third-order valence-corrected chi connectivity index (χ3v) is 7.15. The van der Waals surface area contributed by atoms with Crippen molar-refractivity contribution in [1.29, 1.82) is 0 Å². The maximum absolute atomic E-state index is 15.3. The second kappa shape index (κ2) is 10.4. The minimum absolute atomic E-state index is 0.165. The summed E-state index contributed by atoms with van der Waals surface area (Å²) >= 11 is 0. The Balaban J connectivity index is 1.14. The number of nitrogens with zero attached hydrogens (tertiary/aromatic N) is 8. The van der Waals surface area contributed by atoms with Crippen LogP contribution in [0.5, 0.6) is 17.2 Å². The average Bonchev–Trinajstić information content (AvgIpc) is 3.40. The Labute approximate surface area is 249 Å². The third-order valence-electron chi connectivity index (χ3n) is 7.15. The van der Waals surface area contributed by atoms with E-state index in [2.05, 4.69) is 25.4 Å². The Kier molecular flexibility index (Phi) is 6.52. The van der Waals surface area contributed by atoms with Crippen LogP contribution >= 0.6 is 0 Å². The van der Waals surface area contributed by atoms with Crippen molar-refractivity contribution in [1.82, 2.24) is 34.4 Å². The van der Waals surface area contributed by atoms with E-state index in [4.69, 9.17) is 19.2 Å². The molecule has 15 heteroatoms. The Bertz CT molecular complexity index is 1910. The fourth-order valence-electron chi connectivity index (χ4n) is 5.14. The number of nitrogens with one attached hydrogen (secondary N) is 1. The molecule has 2 aliphatic rings. The smallest absolute Gasteiger partial charge is 0.410 e. The van der Waals surface area contributed by atoms with Crippen LogP contribution in [0.2, 0.25) is 0 Å².